The van der Waals surface area contributed by atoms with Crippen LogP contribution in [0.1, 0.15) is 15.9 Å². The summed E-state index contributed by atoms with van der Waals surface area (Å²) >= 11 is 1.64. The van der Waals surface area contributed by atoms with E-state index in [1.807, 2.05) is 55.0 Å². The number of hydrogen-bond acceptors (Lipinski definition) is 3. The Morgan fingerprint density at radius 1 is 1.33 bits per heavy atom. The van der Waals surface area contributed by atoms with Gasteiger partial charge in [-0.3, -0.25) is 4.79 Å². The fourth-order valence-electron chi connectivity index (χ4n) is 2.15. The van der Waals surface area contributed by atoms with Crippen molar-refractivity contribution in [1.82, 2.24) is 14.7 Å². The van der Waals surface area contributed by atoms with Crippen LogP contribution in [0.5, 0.6) is 0 Å². The lowest BCUT2D eigenvalue weighted by molar-refractivity contribution is 0.0785. The van der Waals surface area contributed by atoms with Gasteiger partial charge in [-0.05, 0) is 46.7 Å². The molecule has 21 heavy (non-hydrogen) atoms. The molecule has 0 aliphatic heterocycles. The molecule has 3 rings (SSSR count). The summed E-state index contributed by atoms with van der Waals surface area (Å²) in [5, 5.41) is 8.27. The molecule has 5 heteroatoms. The van der Waals surface area contributed by atoms with Crippen LogP contribution < -0.4 is 0 Å². The van der Waals surface area contributed by atoms with Gasteiger partial charge in [0.15, 0.2) is 0 Å². The third-order valence-corrected chi connectivity index (χ3v) is 3.94. The van der Waals surface area contributed by atoms with E-state index in [-0.39, 0.29) is 5.91 Å². The highest BCUT2D eigenvalue weighted by Crippen LogP contribution is 2.14. The Morgan fingerprint density at radius 2 is 2.24 bits per heavy atom. The van der Waals surface area contributed by atoms with Gasteiger partial charge in [0.05, 0.1) is 5.69 Å². The summed E-state index contributed by atoms with van der Waals surface area (Å²) in [6.45, 7) is 0.619. The molecule has 0 spiro atoms. The van der Waals surface area contributed by atoms with Crippen molar-refractivity contribution >= 4 is 17.2 Å². The summed E-state index contributed by atoms with van der Waals surface area (Å²) in [5.41, 5.74) is 2.70. The number of rotatable bonds is 4. The van der Waals surface area contributed by atoms with Crippen molar-refractivity contribution in [3.8, 4) is 5.69 Å². The van der Waals surface area contributed by atoms with Crippen LogP contribution in [0, 0.1) is 0 Å². The first-order valence-corrected chi connectivity index (χ1v) is 7.55. The van der Waals surface area contributed by atoms with Crippen molar-refractivity contribution in [2.24, 2.45) is 0 Å². The largest absolute Gasteiger partial charge is 0.337 e. The molecule has 0 aliphatic carbocycles. The summed E-state index contributed by atoms with van der Waals surface area (Å²) in [7, 11) is 1.82. The van der Waals surface area contributed by atoms with Crippen molar-refractivity contribution in [2.75, 3.05) is 7.05 Å². The summed E-state index contributed by atoms with van der Waals surface area (Å²) in [5.74, 6) is 0.00945. The van der Waals surface area contributed by atoms with Crippen LogP contribution in [-0.4, -0.2) is 27.6 Å². The van der Waals surface area contributed by atoms with E-state index in [1.54, 1.807) is 27.1 Å². The van der Waals surface area contributed by atoms with Crippen LogP contribution in [0.4, 0.5) is 0 Å². The van der Waals surface area contributed by atoms with Crippen molar-refractivity contribution in [2.45, 2.75) is 6.54 Å². The van der Waals surface area contributed by atoms with Gasteiger partial charge in [0, 0.05) is 31.5 Å². The van der Waals surface area contributed by atoms with Crippen LogP contribution in [0.15, 0.2) is 59.6 Å². The third kappa shape index (κ3) is 3.03. The second kappa shape index (κ2) is 5.93. The highest BCUT2D eigenvalue weighted by Gasteiger charge is 2.13. The number of hydrogen-bond donors (Lipinski definition) is 0. The van der Waals surface area contributed by atoms with E-state index >= 15 is 0 Å². The molecule has 0 saturated carbocycles. The second-order valence-corrected chi connectivity index (χ2v) is 5.57. The summed E-state index contributed by atoms with van der Waals surface area (Å²) in [6, 6.07) is 11.4. The lowest BCUT2D eigenvalue weighted by Crippen LogP contribution is -2.26. The number of benzene rings is 1. The minimum Gasteiger partial charge on any atom is -0.337 e. The topological polar surface area (TPSA) is 38.1 Å². The van der Waals surface area contributed by atoms with Gasteiger partial charge in [-0.1, -0.05) is 6.07 Å². The van der Waals surface area contributed by atoms with E-state index in [0.29, 0.717) is 12.1 Å². The lowest BCUT2D eigenvalue weighted by Gasteiger charge is -2.17. The maximum Gasteiger partial charge on any atom is 0.253 e. The van der Waals surface area contributed by atoms with E-state index < -0.39 is 0 Å². The Hall–Kier alpha value is -2.40. The van der Waals surface area contributed by atoms with Crippen molar-refractivity contribution in [3.05, 3.63) is 70.7 Å². The summed E-state index contributed by atoms with van der Waals surface area (Å²) in [6.07, 6.45) is 3.58. The molecule has 0 N–H and O–H groups in total. The van der Waals surface area contributed by atoms with Crippen LogP contribution in [0.3, 0.4) is 0 Å². The minimum atomic E-state index is 0.00945. The predicted octanol–water partition coefficient (Wildman–Crippen LogP) is 3.21. The Morgan fingerprint density at radius 3 is 2.95 bits per heavy atom. The maximum atomic E-state index is 12.5. The fourth-order valence-corrected chi connectivity index (χ4v) is 2.81. The fraction of sp³-hybridized carbons (Fsp3) is 0.125. The average Bonchev–Trinajstić information content (AvgIpc) is 3.20. The number of aromatic nitrogens is 2. The van der Waals surface area contributed by atoms with Crippen LogP contribution in [0.2, 0.25) is 0 Å². The molecule has 0 fully saturated rings. The van der Waals surface area contributed by atoms with Crippen LogP contribution in [-0.2, 0) is 6.54 Å². The van der Waals surface area contributed by atoms with Crippen LogP contribution >= 0.6 is 11.3 Å². The number of thiophene rings is 1. The third-order valence-electron chi connectivity index (χ3n) is 3.21. The molecule has 1 aromatic carbocycles. The number of carbonyl (C=O) groups is 1. The van der Waals surface area contributed by atoms with Gasteiger partial charge in [-0.15, -0.1) is 0 Å². The highest BCUT2D eigenvalue weighted by molar-refractivity contribution is 7.07. The van der Waals surface area contributed by atoms with Gasteiger partial charge >= 0.3 is 0 Å². The average molecular weight is 297 g/mol. The van der Waals surface area contributed by atoms with Gasteiger partial charge in [-0.25, -0.2) is 4.68 Å². The Labute approximate surface area is 127 Å². The smallest absolute Gasteiger partial charge is 0.253 e. The molecule has 0 bridgehead atoms. The molecular formula is C16H15N3OS. The van der Waals surface area contributed by atoms with Gasteiger partial charge in [0.25, 0.3) is 5.91 Å². The molecule has 1 amide bonds. The Bertz CT molecular complexity index is 720. The highest BCUT2D eigenvalue weighted by atomic mass is 32.1. The van der Waals surface area contributed by atoms with Crippen molar-refractivity contribution in [3.63, 3.8) is 0 Å². The van der Waals surface area contributed by atoms with Crippen molar-refractivity contribution in [1.29, 1.82) is 0 Å². The SMILES string of the molecule is CN(Cc1ccsc1)C(=O)c1cccc(-n2cccn2)c1. The Balaban J connectivity index is 1.80. The number of nitrogens with zero attached hydrogens (tertiary/aromatic N) is 3. The van der Waals surface area contributed by atoms with Gasteiger partial charge in [0.2, 0.25) is 0 Å². The van der Waals surface area contributed by atoms with E-state index in [2.05, 4.69) is 10.5 Å². The maximum absolute atomic E-state index is 12.5. The molecule has 0 saturated heterocycles. The lowest BCUT2D eigenvalue weighted by atomic mass is 10.1. The van der Waals surface area contributed by atoms with E-state index in [0.717, 1.165) is 11.3 Å². The van der Waals surface area contributed by atoms with E-state index in [1.165, 1.54) is 0 Å². The zero-order valence-electron chi connectivity index (χ0n) is 11.6. The number of carbonyl (C=O) groups excluding carboxylic acids is 1. The quantitative estimate of drug-likeness (QED) is 0.741. The molecule has 0 aliphatic rings. The number of amides is 1. The molecular weight excluding hydrogens is 282 g/mol. The molecule has 0 radical (unpaired) electrons. The van der Waals surface area contributed by atoms with Gasteiger partial charge in [0.1, 0.15) is 0 Å². The molecule has 3 aromatic rings. The monoisotopic (exact) mass is 297 g/mol. The first-order valence-electron chi connectivity index (χ1n) is 6.60. The van der Waals surface area contributed by atoms with Gasteiger partial charge in [-0.2, -0.15) is 16.4 Å². The molecule has 2 aromatic heterocycles. The molecule has 106 valence electrons. The van der Waals surface area contributed by atoms with E-state index in [9.17, 15) is 4.79 Å². The Kier molecular flexibility index (Phi) is 3.83. The van der Waals surface area contributed by atoms with E-state index in [4.69, 9.17) is 0 Å². The van der Waals surface area contributed by atoms with Gasteiger partial charge < -0.3 is 4.90 Å². The summed E-state index contributed by atoms with van der Waals surface area (Å²) in [4.78, 5) is 14.2. The zero-order chi connectivity index (χ0) is 14.7. The van der Waals surface area contributed by atoms with Crippen molar-refractivity contribution < 1.29 is 4.79 Å². The standard InChI is InChI=1S/C16H15N3OS/c1-18(11-13-6-9-21-12-13)16(20)14-4-2-5-15(10-14)19-8-3-7-17-19/h2-10,12H,11H2,1H3. The summed E-state index contributed by atoms with van der Waals surface area (Å²) < 4.78 is 1.75. The zero-order valence-corrected chi connectivity index (χ0v) is 12.5. The first-order chi connectivity index (χ1) is 10.2. The molecule has 0 unspecified atom stereocenters. The van der Waals surface area contributed by atoms with Crippen LogP contribution in [0.25, 0.3) is 5.69 Å². The molecule has 4 nitrogen and oxygen atoms in total. The minimum absolute atomic E-state index is 0.00945. The molecule has 0 atom stereocenters. The predicted molar refractivity (Wildman–Crippen MR) is 83.7 cm³/mol. The molecule has 2 heterocycles. The normalized spacial score (nSPS) is 10.5. The first kappa shape index (κ1) is 13.6. The second-order valence-electron chi connectivity index (χ2n) is 4.79.